The number of sulfonamides is 1. The van der Waals surface area contributed by atoms with Crippen LogP contribution in [-0.4, -0.2) is 68.0 Å². The summed E-state index contributed by atoms with van der Waals surface area (Å²) in [6, 6.07) is 11.6. The van der Waals surface area contributed by atoms with Crippen molar-refractivity contribution in [2.24, 2.45) is 0 Å². The van der Waals surface area contributed by atoms with Gasteiger partial charge < -0.3 is 15.2 Å². The van der Waals surface area contributed by atoms with E-state index in [1.165, 1.54) is 22.0 Å². The molecular formula is C21H25N3O5S. The van der Waals surface area contributed by atoms with Gasteiger partial charge in [-0.3, -0.25) is 9.69 Å². The number of carbonyl (C=O) groups is 1. The van der Waals surface area contributed by atoms with Crippen LogP contribution >= 0.6 is 0 Å². The van der Waals surface area contributed by atoms with Crippen molar-refractivity contribution in [1.82, 2.24) is 9.21 Å². The van der Waals surface area contributed by atoms with E-state index in [-0.39, 0.29) is 23.1 Å². The van der Waals surface area contributed by atoms with Gasteiger partial charge in [-0.25, -0.2) is 8.42 Å². The molecule has 2 heterocycles. The maximum Gasteiger partial charge on any atom is 0.243 e. The monoisotopic (exact) mass is 431 g/mol. The van der Waals surface area contributed by atoms with Crippen molar-refractivity contribution in [3.63, 3.8) is 0 Å². The Bertz CT molecular complexity index is 1020. The van der Waals surface area contributed by atoms with E-state index in [2.05, 4.69) is 5.32 Å². The highest BCUT2D eigenvalue weighted by molar-refractivity contribution is 7.89. The molecule has 1 amide bonds. The number of nitrogens with one attached hydrogen (secondary N) is 1. The van der Waals surface area contributed by atoms with Gasteiger partial charge in [-0.2, -0.15) is 4.31 Å². The Morgan fingerprint density at radius 3 is 2.50 bits per heavy atom. The maximum absolute atomic E-state index is 12.7. The minimum absolute atomic E-state index is 0.164. The normalized spacial score (nSPS) is 18.0. The molecule has 0 radical (unpaired) electrons. The summed E-state index contributed by atoms with van der Waals surface area (Å²) in [5, 5.41) is 12.5. The highest BCUT2D eigenvalue weighted by atomic mass is 32.2. The number of rotatable bonds is 5. The lowest BCUT2D eigenvalue weighted by Crippen LogP contribution is -2.40. The first-order valence-electron chi connectivity index (χ1n) is 9.93. The molecule has 8 nitrogen and oxygen atoms in total. The number of morpholine rings is 1. The minimum Gasteiger partial charge on any atom is -0.508 e. The van der Waals surface area contributed by atoms with Gasteiger partial charge in [0.25, 0.3) is 0 Å². The van der Waals surface area contributed by atoms with Gasteiger partial charge >= 0.3 is 0 Å². The number of phenolic OH excluding ortho intramolecular Hbond substituents is 1. The fraction of sp³-hybridized carbons (Fsp3) is 0.381. The van der Waals surface area contributed by atoms with E-state index in [0.717, 1.165) is 18.5 Å². The molecule has 4 rings (SSSR count). The number of ether oxygens (including phenoxy) is 1. The number of amides is 1. The van der Waals surface area contributed by atoms with Crippen LogP contribution in [0.1, 0.15) is 11.1 Å². The van der Waals surface area contributed by atoms with Gasteiger partial charge in [0.15, 0.2) is 0 Å². The molecule has 160 valence electrons. The van der Waals surface area contributed by atoms with E-state index in [1.807, 2.05) is 11.0 Å². The molecule has 2 aromatic rings. The van der Waals surface area contributed by atoms with Gasteiger partial charge in [0, 0.05) is 31.9 Å². The van der Waals surface area contributed by atoms with Crippen molar-refractivity contribution in [2.75, 3.05) is 44.7 Å². The first-order valence-corrected chi connectivity index (χ1v) is 11.4. The van der Waals surface area contributed by atoms with Gasteiger partial charge in [0.1, 0.15) is 5.75 Å². The zero-order valence-electron chi connectivity index (χ0n) is 16.6. The number of aromatic hydroxyl groups is 1. The molecule has 1 fully saturated rings. The zero-order valence-corrected chi connectivity index (χ0v) is 17.4. The molecule has 0 saturated carbocycles. The second-order valence-corrected chi connectivity index (χ2v) is 9.44. The average molecular weight is 432 g/mol. The predicted octanol–water partition coefficient (Wildman–Crippen LogP) is 1.41. The Morgan fingerprint density at radius 2 is 1.77 bits per heavy atom. The van der Waals surface area contributed by atoms with Gasteiger partial charge in [-0.1, -0.05) is 6.07 Å². The predicted molar refractivity (Wildman–Crippen MR) is 112 cm³/mol. The van der Waals surface area contributed by atoms with Crippen LogP contribution in [0.4, 0.5) is 5.69 Å². The highest BCUT2D eigenvalue weighted by Gasteiger charge is 2.26. The van der Waals surface area contributed by atoms with Crippen molar-refractivity contribution >= 4 is 21.6 Å². The van der Waals surface area contributed by atoms with Gasteiger partial charge in [0.05, 0.1) is 24.7 Å². The Hall–Kier alpha value is -2.46. The molecule has 0 aliphatic carbocycles. The highest BCUT2D eigenvalue weighted by Crippen LogP contribution is 2.23. The third-order valence-corrected chi connectivity index (χ3v) is 7.31. The molecule has 9 heteroatoms. The van der Waals surface area contributed by atoms with Crippen molar-refractivity contribution in [3.8, 4) is 5.75 Å². The van der Waals surface area contributed by atoms with Crippen LogP contribution in [0, 0.1) is 0 Å². The van der Waals surface area contributed by atoms with E-state index >= 15 is 0 Å². The van der Waals surface area contributed by atoms with E-state index in [9.17, 15) is 18.3 Å². The van der Waals surface area contributed by atoms with Crippen LogP contribution < -0.4 is 5.32 Å². The number of benzene rings is 2. The second-order valence-electron chi connectivity index (χ2n) is 7.50. The quantitative estimate of drug-likeness (QED) is 0.743. The number of carbonyl (C=O) groups excluding carboxylic acids is 1. The van der Waals surface area contributed by atoms with Crippen LogP contribution in [0.2, 0.25) is 0 Å². The fourth-order valence-electron chi connectivity index (χ4n) is 3.79. The third-order valence-electron chi connectivity index (χ3n) is 5.39. The molecule has 2 N–H and O–H groups in total. The van der Waals surface area contributed by atoms with Gasteiger partial charge in [-0.15, -0.1) is 0 Å². The van der Waals surface area contributed by atoms with Crippen LogP contribution in [0.25, 0.3) is 0 Å². The van der Waals surface area contributed by atoms with E-state index in [4.69, 9.17) is 4.74 Å². The maximum atomic E-state index is 12.7. The lowest BCUT2D eigenvalue weighted by atomic mass is 9.99. The van der Waals surface area contributed by atoms with Crippen LogP contribution in [0.15, 0.2) is 47.4 Å². The van der Waals surface area contributed by atoms with E-state index in [0.29, 0.717) is 38.5 Å². The molecule has 0 bridgehead atoms. The Kier molecular flexibility index (Phi) is 6.05. The SMILES string of the molecule is O=C(CN1CCc2ccc(O)cc2C1)Nc1ccc(S(=O)(=O)N2CCOCC2)cc1. The molecule has 0 unspecified atom stereocenters. The molecule has 0 aromatic heterocycles. The largest absolute Gasteiger partial charge is 0.508 e. The van der Waals surface area contributed by atoms with E-state index in [1.54, 1.807) is 24.3 Å². The third kappa shape index (κ3) is 4.65. The summed E-state index contributed by atoms with van der Waals surface area (Å²) in [7, 11) is -3.55. The molecule has 0 spiro atoms. The summed E-state index contributed by atoms with van der Waals surface area (Å²) < 4.78 is 32.0. The second kappa shape index (κ2) is 8.73. The number of phenols is 1. The lowest BCUT2D eigenvalue weighted by molar-refractivity contribution is -0.117. The van der Waals surface area contributed by atoms with Crippen molar-refractivity contribution < 1.29 is 23.1 Å². The average Bonchev–Trinajstić information content (AvgIpc) is 2.74. The minimum atomic E-state index is -3.55. The molecule has 1 saturated heterocycles. The summed E-state index contributed by atoms with van der Waals surface area (Å²) in [6.07, 6.45) is 0.830. The van der Waals surface area contributed by atoms with Gasteiger partial charge in [0.2, 0.25) is 15.9 Å². The summed E-state index contributed by atoms with van der Waals surface area (Å²) in [4.78, 5) is 14.7. The van der Waals surface area contributed by atoms with Crippen molar-refractivity contribution in [2.45, 2.75) is 17.9 Å². The molecular weight excluding hydrogens is 406 g/mol. The van der Waals surface area contributed by atoms with Gasteiger partial charge in [-0.05, 0) is 53.9 Å². The number of fused-ring (bicyclic) bond motifs is 1. The van der Waals surface area contributed by atoms with Crippen LogP contribution in [0.5, 0.6) is 5.75 Å². The smallest absolute Gasteiger partial charge is 0.243 e. The zero-order chi connectivity index (χ0) is 21.1. The first kappa shape index (κ1) is 20.8. The molecule has 0 atom stereocenters. The Balaban J connectivity index is 1.35. The molecule has 30 heavy (non-hydrogen) atoms. The standard InChI is InChI=1S/C21H25N3O5S/c25-19-4-1-16-7-8-23(14-17(16)13-19)15-21(26)22-18-2-5-20(6-3-18)30(27,28)24-9-11-29-12-10-24/h1-6,13,25H,7-12,14-15H2,(H,22,26). The number of hydrogen-bond acceptors (Lipinski definition) is 6. The summed E-state index contributed by atoms with van der Waals surface area (Å²) in [5.74, 6) is 0.0644. The Labute approximate surface area is 176 Å². The van der Waals surface area contributed by atoms with E-state index < -0.39 is 10.0 Å². The van der Waals surface area contributed by atoms with Crippen LogP contribution in [-0.2, 0) is 32.5 Å². The fourth-order valence-corrected chi connectivity index (χ4v) is 5.19. The summed E-state index contributed by atoms with van der Waals surface area (Å²) in [6.45, 7) is 3.08. The number of anilines is 1. The van der Waals surface area contributed by atoms with Crippen LogP contribution in [0.3, 0.4) is 0 Å². The lowest BCUT2D eigenvalue weighted by Gasteiger charge is -2.28. The molecule has 2 aliphatic rings. The Morgan fingerprint density at radius 1 is 1.03 bits per heavy atom. The molecule has 2 aromatic carbocycles. The number of nitrogens with zero attached hydrogens (tertiary/aromatic N) is 2. The van der Waals surface area contributed by atoms with Crippen molar-refractivity contribution in [1.29, 1.82) is 0 Å². The first-order chi connectivity index (χ1) is 14.4. The van der Waals surface area contributed by atoms with Crippen molar-refractivity contribution in [3.05, 3.63) is 53.6 Å². The topological polar surface area (TPSA) is 99.2 Å². The number of hydrogen-bond donors (Lipinski definition) is 2. The molecule has 2 aliphatic heterocycles. The summed E-state index contributed by atoms with van der Waals surface area (Å²) in [5.41, 5.74) is 2.78. The summed E-state index contributed by atoms with van der Waals surface area (Å²) >= 11 is 0.